The van der Waals surface area contributed by atoms with Crippen molar-refractivity contribution in [1.82, 2.24) is 5.32 Å². The van der Waals surface area contributed by atoms with Crippen LogP contribution in [0, 0.1) is 11.8 Å². The summed E-state index contributed by atoms with van der Waals surface area (Å²) < 4.78 is 0. The Morgan fingerprint density at radius 2 is 2.16 bits per heavy atom. The van der Waals surface area contributed by atoms with Crippen molar-refractivity contribution in [3.8, 4) is 11.8 Å². The molecular formula is C15H14N2OS. The number of amides is 1. The van der Waals surface area contributed by atoms with Crippen LogP contribution in [0.3, 0.4) is 0 Å². The second-order valence-electron chi connectivity index (χ2n) is 3.86. The number of nitrogens with two attached hydrogens (primary N) is 1. The fraction of sp³-hybridized carbons (Fsp3) is 0.133. The number of hydrogen-bond acceptors (Lipinski definition) is 3. The molecule has 3 N–H and O–H groups in total. The molecule has 2 aromatic rings. The summed E-state index contributed by atoms with van der Waals surface area (Å²) in [6.45, 7) is 0.791. The number of hydrogen-bond donors (Lipinski definition) is 2. The van der Waals surface area contributed by atoms with E-state index < -0.39 is 0 Å². The zero-order valence-electron chi connectivity index (χ0n) is 10.3. The Bertz CT molecular complexity index is 609. The lowest BCUT2D eigenvalue weighted by Gasteiger charge is -2.06. The van der Waals surface area contributed by atoms with Crippen molar-refractivity contribution in [3.05, 3.63) is 57.8 Å². The quantitative estimate of drug-likeness (QED) is 0.838. The third kappa shape index (κ3) is 3.68. The minimum absolute atomic E-state index is 0.0668. The fourth-order valence-electron chi connectivity index (χ4n) is 1.61. The van der Waals surface area contributed by atoms with Gasteiger partial charge in [-0.25, -0.2) is 0 Å². The number of benzene rings is 1. The van der Waals surface area contributed by atoms with Gasteiger partial charge in [0, 0.05) is 23.1 Å². The van der Waals surface area contributed by atoms with E-state index in [1.165, 1.54) is 11.3 Å². The van der Waals surface area contributed by atoms with Crippen LogP contribution in [0.1, 0.15) is 21.5 Å². The van der Waals surface area contributed by atoms with Gasteiger partial charge in [0.25, 0.3) is 5.91 Å². The van der Waals surface area contributed by atoms with E-state index in [0.29, 0.717) is 18.7 Å². The molecule has 0 aliphatic rings. The van der Waals surface area contributed by atoms with E-state index in [-0.39, 0.29) is 5.91 Å². The molecule has 0 saturated carbocycles. The Hall–Kier alpha value is -2.09. The van der Waals surface area contributed by atoms with Gasteiger partial charge in [-0.1, -0.05) is 30.0 Å². The number of rotatable bonds is 3. The van der Waals surface area contributed by atoms with Gasteiger partial charge in [0.15, 0.2) is 0 Å². The standard InChI is InChI=1S/C15H14N2OS/c16-8-3-6-12-4-1-2-5-13(12)10-17-15(18)14-7-9-19-11-14/h1-2,4-5,7,9,11H,8,10,16H2,(H,17,18). The molecule has 1 heterocycles. The Morgan fingerprint density at radius 1 is 1.32 bits per heavy atom. The highest BCUT2D eigenvalue weighted by Crippen LogP contribution is 2.09. The van der Waals surface area contributed by atoms with E-state index >= 15 is 0 Å². The van der Waals surface area contributed by atoms with Crippen molar-refractivity contribution >= 4 is 17.2 Å². The van der Waals surface area contributed by atoms with Crippen LogP contribution in [-0.2, 0) is 6.54 Å². The summed E-state index contributed by atoms with van der Waals surface area (Å²) >= 11 is 1.51. The largest absolute Gasteiger partial charge is 0.348 e. The SMILES string of the molecule is NCC#Cc1ccccc1CNC(=O)c1ccsc1. The fourth-order valence-corrected chi connectivity index (χ4v) is 2.25. The van der Waals surface area contributed by atoms with Crippen LogP contribution in [-0.4, -0.2) is 12.5 Å². The smallest absolute Gasteiger partial charge is 0.252 e. The molecular weight excluding hydrogens is 256 g/mol. The first-order valence-electron chi connectivity index (χ1n) is 5.88. The van der Waals surface area contributed by atoms with Crippen LogP contribution >= 0.6 is 11.3 Å². The van der Waals surface area contributed by atoms with Gasteiger partial charge in [0.2, 0.25) is 0 Å². The molecule has 0 spiro atoms. The van der Waals surface area contributed by atoms with Crippen LogP contribution in [0.15, 0.2) is 41.1 Å². The molecule has 0 unspecified atom stereocenters. The summed E-state index contributed by atoms with van der Waals surface area (Å²) in [5.74, 6) is 5.77. The van der Waals surface area contributed by atoms with Crippen molar-refractivity contribution in [2.24, 2.45) is 5.73 Å². The maximum atomic E-state index is 11.8. The van der Waals surface area contributed by atoms with Gasteiger partial charge < -0.3 is 11.1 Å². The molecule has 0 fully saturated rings. The highest BCUT2D eigenvalue weighted by molar-refractivity contribution is 7.08. The van der Waals surface area contributed by atoms with Gasteiger partial charge in [0.05, 0.1) is 6.54 Å². The second-order valence-corrected chi connectivity index (χ2v) is 4.64. The Labute approximate surface area is 116 Å². The Morgan fingerprint density at radius 3 is 2.89 bits per heavy atom. The van der Waals surface area contributed by atoms with Crippen molar-refractivity contribution in [1.29, 1.82) is 0 Å². The summed E-state index contributed by atoms with van der Waals surface area (Å²) in [6, 6.07) is 9.54. The summed E-state index contributed by atoms with van der Waals surface area (Å²) in [7, 11) is 0. The molecule has 0 atom stereocenters. The van der Waals surface area contributed by atoms with Crippen LogP contribution in [0.4, 0.5) is 0 Å². The van der Waals surface area contributed by atoms with Crippen LogP contribution < -0.4 is 11.1 Å². The molecule has 96 valence electrons. The topological polar surface area (TPSA) is 55.1 Å². The first-order valence-corrected chi connectivity index (χ1v) is 6.83. The van der Waals surface area contributed by atoms with E-state index in [2.05, 4.69) is 17.2 Å². The minimum Gasteiger partial charge on any atom is -0.348 e. The van der Waals surface area contributed by atoms with E-state index in [0.717, 1.165) is 11.1 Å². The van der Waals surface area contributed by atoms with Crippen molar-refractivity contribution in [3.63, 3.8) is 0 Å². The maximum absolute atomic E-state index is 11.8. The average Bonchev–Trinajstić information content (AvgIpc) is 2.97. The van der Waals surface area contributed by atoms with Crippen LogP contribution in [0.25, 0.3) is 0 Å². The molecule has 0 radical (unpaired) electrons. The van der Waals surface area contributed by atoms with E-state index in [1.807, 2.05) is 35.0 Å². The molecule has 3 nitrogen and oxygen atoms in total. The molecule has 0 bridgehead atoms. The van der Waals surface area contributed by atoms with Crippen molar-refractivity contribution in [2.75, 3.05) is 6.54 Å². The summed E-state index contributed by atoms with van der Waals surface area (Å²) in [5.41, 5.74) is 7.95. The minimum atomic E-state index is -0.0668. The van der Waals surface area contributed by atoms with Gasteiger partial charge in [-0.15, -0.1) is 0 Å². The summed E-state index contributed by atoms with van der Waals surface area (Å²) in [5, 5.41) is 6.60. The van der Waals surface area contributed by atoms with Crippen LogP contribution in [0.5, 0.6) is 0 Å². The zero-order valence-corrected chi connectivity index (χ0v) is 11.2. The highest BCUT2D eigenvalue weighted by Gasteiger charge is 2.06. The van der Waals surface area contributed by atoms with Gasteiger partial charge >= 0.3 is 0 Å². The molecule has 19 heavy (non-hydrogen) atoms. The van der Waals surface area contributed by atoms with Crippen LogP contribution in [0.2, 0.25) is 0 Å². The molecule has 0 aliphatic heterocycles. The molecule has 0 saturated heterocycles. The van der Waals surface area contributed by atoms with Gasteiger partial charge in [0.1, 0.15) is 0 Å². The molecule has 2 rings (SSSR count). The number of thiophene rings is 1. The predicted octanol–water partition coefficient (Wildman–Crippen LogP) is 1.99. The summed E-state index contributed by atoms with van der Waals surface area (Å²) in [6.07, 6.45) is 0. The van der Waals surface area contributed by atoms with Gasteiger partial charge in [-0.2, -0.15) is 11.3 Å². The van der Waals surface area contributed by atoms with E-state index in [4.69, 9.17) is 5.73 Å². The predicted molar refractivity (Wildman–Crippen MR) is 77.9 cm³/mol. The molecule has 1 amide bonds. The molecule has 1 aromatic heterocycles. The normalized spacial score (nSPS) is 9.53. The first-order chi connectivity index (χ1) is 9.31. The summed E-state index contributed by atoms with van der Waals surface area (Å²) in [4.78, 5) is 11.8. The number of carbonyl (C=O) groups is 1. The van der Waals surface area contributed by atoms with Gasteiger partial charge in [-0.05, 0) is 23.1 Å². The Balaban J connectivity index is 2.05. The average molecular weight is 270 g/mol. The van der Waals surface area contributed by atoms with E-state index in [9.17, 15) is 4.79 Å². The molecule has 1 aromatic carbocycles. The lowest BCUT2D eigenvalue weighted by atomic mass is 10.1. The third-order valence-corrected chi connectivity index (χ3v) is 3.25. The monoisotopic (exact) mass is 270 g/mol. The molecule has 0 aliphatic carbocycles. The number of nitrogens with one attached hydrogen (secondary N) is 1. The second kappa shape index (κ2) is 6.74. The number of carbonyl (C=O) groups excluding carboxylic acids is 1. The Kier molecular flexibility index (Phi) is 4.73. The molecule has 4 heteroatoms. The van der Waals surface area contributed by atoms with Crippen molar-refractivity contribution in [2.45, 2.75) is 6.54 Å². The highest BCUT2D eigenvalue weighted by atomic mass is 32.1. The lowest BCUT2D eigenvalue weighted by molar-refractivity contribution is 0.0951. The van der Waals surface area contributed by atoms with Crippen molar-refractivity contribution < 1.29 is 4.79 Å². The third-order valence-electron chi connectivity index (χ3n) is 2.57. The van der Waals surface area contributed by atoms with E-state index in [1.54, 1.807) is 6.07 Å². The zero-order chi connectivity index (χ0) is 13.5. The lowest BCUT2D eigenvalue weighted by Crippen LogP contribution is -2.22. The maximum Gasteiger partial charge on any atom is 0.252 e. The first kappa shape index (κ1) is 13.3. The van der Waals surface area contributed by atoms with Gasteiger partial charge in [-0.3, -0.25) is 4.79 Å².